The van der Waals surface area contributed by atoms with Gasteiger partial charge >= 0.3 is 0 Å². The van der Waals surface area contributed by atoms with Crippen molar-refractivity contribution in [3.05, 3.63) is 36.0 Å². The zero-order chi connectivity index (χ0) is 14.7. The molecular weight excluding hydrogens is 256 g/mol. The molecule has 2 aromatic rings. The van der Waals surface area contributed by atoms with Crippen LogP contribution >= 0.6 is 0 Å². The second-order valence-corrected chi connectivity index (χ2v) is 7.26. The molecule has 3 rings (SSSR count). The van der Waals surface area contributed by atoms with Crippen LogP contribution in [-0.4, -0.2) is 11.5 Å². The number of fused-ring (bicyclic) bond motifs is 1. The zero-order valence-electron chi connectivity index (χ0n) is 13.4. The lowest BCUT2D eigenvalue weighted by Gasteiger charge is -2.31. The summed E-state index contributed by atoms with van der Waals surface area (Å²) in [4.78, 5) is 3.30. The number of benzene rings is 1. The van der Waals surface area contributed by atoms with Gasteiger partial charge in [-0.1, -0.05) is 38.8 Å². The predicted molar refractivity (Wildman–Crippen MR) is 90.4 cm³/mol. The Morgan fingerprint density at radius 3 is 2.76 bits per heavy atom. The summed E-state index contributed by atoms with van der Waals surface area (Å²) in [5, 5.41) is 5.11. The summed E-state index contributed by atoms with van der Waals surface area (Å²) in [6.45, 7) is 6.88. The molecule has 1 aromatic heterocycles. The van der Waals surface area contributed by atoms with Crippen molar-refractivity contribution in [1.82, 2.24) is 10.3 Å². The van der Waals surface area contributed by atoms with Gasteiger partial charge in [-0.25, -0.2) is 0 Å². The first-order chi connectivity index (χ1) is 10.2. The number of hydrogen-bond donors (Lipinski definition) is 2. The number of aromatic amines is 1. The largest absolute Gasteiger partial charge is 0.361 e. The first kappa shape index (κ1) is 14.6. The lowest BCUT2D eigenvalue weighted by atomic mass is 9.78. The van der Waals surface area contributed by atoms with Crippen molar-refractivity contribution in [2.24, 2.45) is 11.3 Å². The Morgan fingerprint density at radius 2 is 2.00 bits per heavy atom. The zero-order valence-corrected chi connectivity index (χ0v) is 13.4. The Balaban J connectivity index is 1.63. The Morgan fingerprint density at radius 1 is 1.19 bits per heavy atom. The maximum atomic E-state index is 3.76. The third-order valence-electron chi connectivity index (χ3n) is 5.01. The molecule has 0 spiro atoms. The highest BCUT2D eigenvalue weighted by Crippen LogP contribution is 2.42. The van der Waals surface area contributed by atoms with Gasteiger partial charge in [-0.05, 0) is 48.3 Å². The maximum absolute atomic E-state index is 3.76. The summed E-state index contributed by atoms with van der Waals surface area (Å²) >= 11 is 0. The molecule has 1 aromatic carbocycles. The number of hydrogen-bond acceptors (Lipinski definition) is 1. The van der Waals surface area contributed by atoms with Gasteiger partial charge in [0, 0.05) is 30.2 Å². The van der Waals surface area contributed by atoms with Crippen LogP contribution in [0.1, 0.15) is 51.5 Å². The molecule has 0 radical (unpaired) electrons. The fraction of sp³-hybridized carbons (Fsp3) is 0.579. The van der Waals surface area contributed by atoms with Crippen LogP contribution in [0.15, 0.2) is 30.5 Å². The van der Waals surface area contributed by atoms with Crippen LogP contribution in [0.2, 0.25) is 0 Å². The van der Waals surface area contributed by atoms with Crippen LogP contribution < -0.4 is 5.32 Å². The summed E-state index contributed by atoms with van der Waals surface area (Å²) in [7, 11) is 0. The minimum absolute atomic E-state index is 0.556. The summed E-state index contributed by atoms with van der Waals surface area (Å²) < 4.78 is 0. The molecule has 1 aliphatic carbocycles. The van der Waals surface area contributed by atoms with Crippen molar-refractivity contribution >= 4 is 10.9 Å². The molecule has 1 aliphatic rings. The van der Waals surface area contributed by atoms with Crippen LogP contribution in [0.25, 0.3) is 10.9 Å². The summed E-state index contributed by atoms with van der Waals surface area (Å²) in [6, 6.07) is 8.73. The third-order valence-corrected chi connectivity index (χ3v) is 5.01. The van der Waals surface area contributed by atoms with Gasteiger partial charge in [-0.15, -0.1) is 0 Å². The molecule has 0 saturated heterocycles. The first-order valence-electron chi connectivity index (χ1n) is 8.44. The molecule has 2 heteroatoms. The molecule has 1 saturated carbocycles. The molecule has 1 heterocycles. The van der Waals surface area contributed by atoms with Crippen LogP contribution in [0.3, 0.4) is 0 Å². The molecular formula is C19H28N2. The molecule has 0 unspecified atom stereocenters. The number of rotatable bonds is 6. The highest BCUT2D eigenvalue weighted by molar-refractivity contribution is 5.82. The quantitative estimate of drug-likeness (QED) is 0.778. The Bertz CT molecular complexity index is 576. The average molecular weight is 284 g/mol. The van der Waals surface area contributed by atoms with Gasteiger partial charge in [0.2, 0.25) is 0 Å². The highest BCUT2D eigenvalue weighted by atomic mass is 14.9. The van der Waals surface area contributed by atoms with Crippen molar-refractivity contribution < 1.29 is 0 Å². The van der Waals surface area contributed by atoms with Crippen LogP contribution in [0, 0.1) is 11.3 Å². The second kappa shape index (κ2) is 6.23. The average Bonchev–Trinajstić information content (AvgIpc) is 3.07. The Kier molecular flexibility index (Phi) is 4.34. The Labute approximate surface area is 128 Å². The normalized spacial score (nSPS) is 17.9. The summed E-state index contributed by atoms with van der Waals surface area (Å²) in [6.07, 6.45) is 9.06. The molecule has 0 aliphatic heterocycles. The van der Waals surface area contributed by atoms with Crippen molar-refractivity contribution in [3.63, 3.8) is 0 Å². The second-order valence-electron chi connectivity index (χ2n) is 7.26. The molecule has 114 valence electrons. The third kappa shape index (κ3) is 3.32. The van der Waals surface area contributed by atoms with E-state index in [4.69, 9.17) is 0 Å². The Hall–Kier alpha value is -1.28. The van der Waals surface area contributed by atoms with E-state index in [-0.39, 0.29) is 0 Å². The topological polar surface area (TPSA) is 27.8 Å². The van der Waals surface area contributed by atoms with Gasteiger partial charge in [0.05, 0.1) is 0 Å². The predicted octanol–water partition coefficient (Wildman–Crippen LogP) is 4.86. The first-order valence-corrected chi connectivity index (χ1v) is 8.44. The van der Waals surface area contributed by atoms with Crippen molar-refractivity contribution in [3.8, 4) is 0 Å². The minimum atomic E-state index is 0.556. The molecule has 1 fully saturated rings. The van der Waals surface area contributed by atoms with Gasteiger partial charge in [-0.2, -0.15) is 0 Å². The molecule has 0 amide bonds. The molecule has 0 atom stereocenters. The van der Waals surface area contributed by atoms with Gasteiger partial charge in [0.25, 0.3) is 0 Å². The molecule has 2 nitrogen and oxygen atoms in total. The van der Waals surface area contributed by atoms with Crippen LogP contribution in [0.4, 0.5) is 0 Å². The molecule has 0 bridgehead atoms. The van der Waals surface area contributed by atoms with Crippen LogP contribution in [-0.2, 0) is 6.54 Å². The van der Waals surface area contributed by atoms with Gasteiger partial charge in [0.1, 0.15) is 0 Å². The van der Waals surface area contributed by atoms with E-state index in [9.17, 15) is 0 Å². The smallest absolute Gasteiger partial charge is 0.0457 e. The van der Waals surface area contributed by atoms with Gasteiger partial charge in [-0.3, -0.25) is 0 Å². The van der Waals surface area contributed by atoms with E-state index in [1.807, 2.05) is 6.20 Å². The SMILES string of the molecule is CC(C)CC1(CNCc2cccc3[nH]ccc23)CCCC1. The van der Waals surface area contributed by atoms with E-state index >= 15 is 0 Å². The van der Waals surface area contributed by atoms with E-state index in [1.165, 1.54) is 55.1 Å². The molecule has 2 N–H and O–H groups in total. The highest BCUT2D eigenvalue weighted by Gasteiger charge is 2.33. The van der Waals surface area contributed by atoms with Crippen molar-refractivity contribution in [2.75, 3.05) is 6.54 Å². The molecule has 21 heavy (non-hydrogen) atoms. The number of H-pyrrole nitrogens is 1. The minimum Gasteiger partial charge on any atom is -0.361 e. The lowest BCUT2D eigenvalue weighted by Crippen LogP contribution is -2.33. The van der Waals surface area contributed by atoms with Crippen molar-refractivity contribution in [1.29, 1.82) is 0 Å². The van der Waals surface area contributed by atoms with E-state index in [0.29, 0.717) is 5.41 Å². The summed E-state index contributed by atoms with van der Waals surface area (Å²) in [5.41, 5.74) is 3.21. The fourth-order valence-electron chi connectivity index (χ4n) is 4.21. The maximum Gasteiger partial charge on any atom is 0.0457 e. The number of nitrogens with one attached hydrogen (secondary N) is 2. The van der Waals surface area contributed by atoms with E-state index in [1.54, 1.807) is 0 Å². The number of aromatic nitrogens is 1. The lowest BCUT2D eigenvalue weighted by molar-refractivity contribution is 0.223. The van der Waals surface area contributed by atoms with E-state index in [2.05, 4.69) is 48.4 Å². The standard InChI is InChI=1S/C19H28N2/c1-15(2)12-19(9-3-4-10-19)14-20-13-16-6-5-7-18-17(16)8-11-21-18/h5-8,11,15,20-21H,3-4,9-10,12-14H2,1-2H3. The summed E-state index contributed by atoms with van der Waals surface area (Å²) in [5.74, 6) is 0.804. The monoisotopic (exact) mass is 284 g/mol. The van der Waals surface area contributed by atoms with Gasteiger partial charge < -0.3 is 10.3 Å². The van der Waals surface area contributed by atoms with Crippen molar-refractivity contribution in [2.45, 2.75) is 52.5 Å². The fourth-order valence-corrected chi connectivity index (χ4v) is 4.21. The van der Waals surface area contributed by atoms with Gasteiger partial charge in [0.15, 0.2) is 0 Å². The van der Waals surface area contributed by atoms with E-state index in [0.717, 1.165) is 12.5 Å². The van der Waals surface area contributed by atoms with E-state index < -0.39 is 0 Å². The van der Waals surface area contributed by atoms with Crippen LogP contribution in [0.5, 0.6) is 0 Å².